The summed E-state index contributed by atoms with van der Waals surface area (Å²) >= 11 is 4.46. The molecule has 0 radical (unpaired) electrons. The minimum Gasteiger partial charge on any atom is -0.294 e. The number of benzene rings is 2. The zero-order valence-electron chi connectivity index (χ0n) is 14.1. The summed E-state index contributed by atoms with van der Waals surface area (Å²) in [5, 5.41) is 0.907. The number of pyridine rings is 1. The van der Waals surface area contributed by atoms with E-state index in [9.17, 15) is 4.79 Å². The maximum atomic E-state index is 12.9. The van der Waals surface area contributed by atoms with Gasteiger partial charge >= 0.3 is 0 Å². The van der Waals surface area contributed by atoms with Gasteiger partial charge in [-0.2, -0.15) is 0 Å². The van der Waals surface area contributed by atoms with E-state index in [0.29, 0.717) is 12.3 Å². The molecular formula is C22H21NOS. The van der Waals surface area contributed by atoms with E-state index in [1.165, 1.54) is 30.4 Å². The fraction of sp³-hybridized carbons (Fsp3) is 0.273. The number of aryl methyl sites for hydroxylation is 1. The maximum Gasteiger partial charge on any atom is 0.163 e. The van der Waals surface area contributed by atoms with Gasteiger partial charge in [-0.15, -0.1) is 12.6 Å². The highest BCUT2D eigenvalue weighted by Gasteiger charge is 2.21. The number of aromatic nitrogens is 1. The van der Waals surface area contributed by atoms with E-state index in [0.717, 1.165) is 27.8 Å². The topological polar surface area (TPSA) is 30.0 Å². The van der Waals surface area contributed by atoms with Crippen LogP contribution in [-0.4, -0.2) is 10.8 Å². The fourth-order valence-electron chi connectivity index (χ4n) is 4.00. The summed E-state index contributed by atoms with van der Waals surface area (Å²) in [7, 11) is 0. The summed E-state index contributed by atoms with van der Waals surface area (Å²) in [6.45, 7) is 0. The summed E-state index contributed by atoms with van der Waals surface area (Å²) in [5.74, 6) is 0.705. The summed E-state index contributed by atoms with van der Waals surface area (Å²) < 4.78 is 0. The molecule has 1 aliphatic rings. The monoisotopic (exact) mass is 347 g/mol. The molecule has 1 aliphatic carbocycles. The molecule has 25 heavy (non-hydrogen) atoms. The lowest BCUT2D eigenvalue weighted by molar-refractivity contribution is 0.0978. The Morgan fingerprint density at radius 1 is 1.12 bits per heavy atom. The van der Waals surface area contributed by atoms with Crippen LogP contribution >= 0.6 is 12.6 Å². The van der Waals surface area contributed by atoms with Crippen molar-refractivity contribution in [1.82, 2.24) is 4.98 Å². The van der Waals surface area contributed by atoms with Crippen molar-refractivity contribution in [2.75, 3.05) is 0 Å². The van der Waals surface area contributed by atoms with Gasteiger partial charge in [0.25, 0.3) is 0 Å². The van der Waals surface area contributed by atoms with Gasteiger partial charge in [0.15, 0.2) is 5.78 Å². The zero-order chi connectivity index (χ0) is 17.2. The molecule has 0 aliphatic heterocycles. The Balaban J connectivity index is 1.55. The lowest BCUT2D eigenvalue weighted by Gasteiger charge is -2.25. The van der Waals surface area contributed by atoms with Crippen molar-refractivity contribution < 1.29 is 4.79 Å². The third kappa shape index (κ3) is 3.21. The van der Waals surface area contributed by atoms with Crippen LogP contribution in [0.3, 0.4) is 0 Å². The van der Waals surface area contributed by atoms with Gasteiger partial charge in [-0.25, -0.2) is 0 Å². The number of carbonyl (C=O) groups is 1. The van der Waals surface area contributed by atoms with Gasteiger partial charge in [-0.3, -0.25) is 9.78 Å². The van der Waals surface area contributed by atoms with Crippen LogP contribution in [0.15, 0.2) is 59.6 Å². The largest absolute Gasteiger partial charge is 0.294 e. The number of ketones is 1. The lowest BCUT2D eigenvalue weighted by Crippen LogP contribution is -2.11. The summed E-state index contributed by atoms with van der Waals surface area (Å²) in [6.07, 6.45) is 6.81. The minimum absolute atomic E-state index is 0.203. The molecule has 2 nitrogen and oxygen atoms in total. The van der Waals surface area contributed by atoms with E-state index in [4.69, 9.17) is 0 Å². The van der Waals surface area contributed by atoms with Crippen molar-refractivity contribution in [3.05, 3.63) is 71.4 Å². The van der Waals surface area contributed by atoms with E-state index >= 15 is 0 Å². The number of nitrogens with zero attached hydrogens (tertiary/aromatic N) is 1. The molecular weight excluding hydrogens is 326 g/mol. The Labute approximate surface area is 153 Å². The molecule has 0 amide bonds. The number of carbonyl (C=O) groups excluding carboxylic acids is 1. The first-order valence-corrected chi connectivity index (χ1v) is 9.36. The predicted molar refractivity (Wildman–Crippen MR) is 105 cm³/mol. The van der Waals surface area contributed by atoms with Crippen molar-refractivity contribution in [2.24, 2.45) is 0 Å². The molecule has 2 aromatic carbocycles. The van der Waals surface area contributed by atoms with E-state index in [-0.39, 0.29) is 5.78 Å². The van der Waals surface area contributed by atoms with Gasteiger partial charge in [0.2, 0.25) is 0 Å². The number of hydrogen-bond donors (Lipinski definition) is 1. The van der Waals surface area contributed by atoms with Crippen molar-refractivity contribution in [1.29, 1.82) is 0 Å². The van der Waals surface area contributed by atoms with Crippen LogP contribution in [-0.2, 0) is 6.42 Å². The third-order valence-corrected chi connectivity index (χ3v) is 5.62. The second-order valence-electron chi connectivity index (χ2n) is 6.78. The van der Waals surface area contributed by atoms with Gasteiger partial charge in [0.1, 0.15) is 0 Å². The fourth-order valence-corrected chi connectivity index (χ4v) is 4.25. The standard InChI is InChI=1S/C22H21NOS/c24-20(18-11-13-21(25)22-19(18)9-4-14-23-22)12-10-16-7-3-6-15-5-1-2-8-17(15)16/h1-2,4-5,8-9,11,13-14,16,25H,3,6-7,10,12H2. The first kappa shape index (κ1) is 16.3. The predicted octanol–water partition coefficient (Wildman–Crippen LogP) is 5.61. The molecule has 0 N–H and O–H groups in total. The van der Waals surface area contributed by atoms with E-state index in [2.05, 4.69) is 41.9 Å². The highest BCUT2D eigenvalue weighted by molar-refractivity contribution is 7.80. The SMILES string of the molecule is O=C(CCC1CCCc2ccccc21)c1ccc(S)c2ncccc12. The van der Waals surface area contributed by atoms with Crippen molar-refractivity contribution in [3.8, 4) is 0 Å². The maximum absolute atomic E-state index is 12.9. The van der Waals surface area contributed by atoms with E-state index < -0.39 is 0 Å². The van der Waals surface area contributed by atoms with Crippen LogP contribution in [0.2, 0.25) is 0 Å². The normalized spacial score (nSPS) is 16.6. The van der Waals surface area contributed by atoms with Crippen molar-refractivity contribution in [2.45, 2.75) is 42.9 Å². The van der Waals surface area contributed by atoms with E-state index in [1.54, 1.807) is 6.20 Å². The van der Waals surface area contributed by atoms with Gasteiger partial charge in [0, 0.05) is 28.5 Å². The van der Waals surface area contributed by atoms with Crippen LogP contribution in [0.5, 0.6) is 0 Å². The third-order valence-electron chi connectivity index (χ3n) is 5.26. The molecule has 0 saturated heterocycles. The van der Waals surface area contributed by atoms with Crippen molar-refractivity contribution in [3.63, 3.8) is 0 Å². The van der Waals surface area contributed by atoms with Crippen LogP contribution < -0.4 is 0 Å². The first-order valence-electron chi connectivity index (χ1n) is 8.92. The molecule has 0 saturated carbocycles. The highest BCUT2D eigenvalue weighted by atomic mass is 32.1. The molecule has 1 unspecified atom stereocenters. The summed E-state index contributed by atoms with van der Waals surface area (Å²) in [4.78, 5) is 18.1. The number of fused-ring (bicyclic) bond motifs is 2. The zero-order valence-corrected chi connectivity index (χ0v) is 15.0. The molecule has 126 valence electrons. The van der Waals surface area contributed by atoms with Crippen molar-refractivity contribution >= 4 is 29.3 Å². The molecule has 1 atom stereocenters. The molecule has 0 bridgehead atoms. The second-order valence-corrected chi connectivity index (χ2v) is 7.26. The average molecular weight is 347 g/mol. The molecule has 0 fully saturated rings. The summed E-state index contributed by atoms with van der Waals surface area (Å²) in [6, 6.07) is 16.3. The molecule has 0 spiro atoms. The number of rotatable bonds is 4. The first-order chi connectivity index (χ1) is 12.2. The molecule has 4 rings (SSSR count). The Morgan fingerprint density at radius 2 is 2.00 bits per heavy atom. The average Bonchev–Trinajstić information content (AvgIpc) is 2.66. The van der Waals surface area contributed by atoms with Gasteiger partial charge < -0.3 is 0 Å². The molecule has 1 aromatic heterocycles. The Kier molecular flexibility index (Phi) is 4.58. The highest BCUT2D eigenvalue weighted by Crippen LogP contribution is 2.35. The Bertz CT molecular complexity index is 934. The molecule has 1 heterocycles. The van der Waals surface area contributed by atoms with Crippen LogP contribution in [0.25, 0.3) is 10.9 Å². The van der Waals surface area contributed by atoms with E-state index in [1.807, 2.05) is 24.3 Å². The quantitative estimate of drug-likeness (QED) is 0.491. The number of hydrogen-bond acceptors (Lipinski definition) is 3. The lowest BCUT2D eigenvalue weighted by atomic mass is 9.80. The van der Waals surface area contributed by atoms with Gasteiger partial charge in [0.05, 0.1) is 5.52 Å². The smallest absolute Gasteiger partial charge is 0.163 e. The summed E-state index contributed by atoms with van der Waals surface area (Å²) in [5.41, 5.74) is 4.48. The Morgan fingerprint density at radius 3 is 2.92 bits per heavy atom. The van der Waals surface area contributed by atoms with Crippen LogP contribution in [0.4, 0.5) is 0 Å². The van der Waals surface area contributed by atoms with Crippen LogP contribution in [0.1, 0.15) is 53.1 Å². The number of thiol groups is 1. The Hall–Kier alpha value is -2.13. The van der Waals surface area contributed by atoms with Gasteiger partial charge in [-0.1, -0.05) is 30.3 Å². The minimum atomic E-state index is 0.203. The second kappa shape index (κ2) is 7.01. The number of Topliss-reactive ketones (excluding diaryl/α,β-unsaturated/α-hetero) is 1. The van der Waals surface area contributed by atoms with Gasteiger partial charge in [-0.05, 0) is 60.9 Å². The van der Waals surface area contributed by atoms with Crippen LogP contribution in [0, 0.1) is 0 Å². The molecule has 3 aromatic rings. The molecule has 3 heteroatoms.